The van der Waals surface area contributed by atoms with Crippen LogP contribution in [0.25, 0.3) is 0 Å². The molecule has 1 saturated heterocycles. The van der Waals surface area contributed by atoms with E-state index in [2.05, 4.69) is 19.2 Å². The Balaban J connectivity index is 1.57. The van der Waals surface area contributed by atoms with Gasteiger partial charge in [0.05, 0.1) is 6.61 Å². The van der Waals surface area contributed by atoms with Crippen molar-refractivity contribution in [3.05, 3.63) is 0 Å². The summed E-state index contributed by atoms with van der Waals surface area (Å²) in [5, 5.41) is 3.34. The molecule has 0 aromatic heterocycles. The van der Waals surface area contributed by atoms with E-state index in [1.165, 1.54) is 25.7 Å². The van der Waals surface area contributed by atoms with Crippen molar-refractivity contribution in [2.45, 2.75) is 76.9 Å². The minimum Gasteiger partial charge on any atom is -0.364 e. The first kappa shape index (κ1) is 13.1. The molecule has 1 heterocycles. The molecule has 0 spiro atoms. The van der Waals surface area contributed by atoms with Crippen molar-refractivity contribution in [1.29, 1.82) is 0 Å². The molecule has 112 valence electrons. The lowest BCUT2D eigenvalue weighted by Gasteiger charge is -2.41. The number of carbonyl (C=O) groups is 1. The summed E-state index contributed by atoms with van der Waals surface area (Å²) in [4.78, 5) is 13.0. The topological polar surface area (TPSA) is 38.3 Å². The summed E-state index contributed by atoms with van der Waals surface area (Å²) in [7, 11) is 0. The average Bonchev–Trinajstić information content (AvgIpc) is 2.92. The van der Waals surface area contributed by atoms with E-state index < -0.39 is 5.60 Å². The average molecular weight is 277 g/mol. The van der Waals surface area contributed by atoms with E-state index in [4.69, 9.17) is 4.74 Å². The summed E-state index contributed by atoms with van der Waals surface area (Å²) in [5.41, 5.74) is -0.220. The third-order valence-corrected chi connectivity index (χ3v) is 7.51. The normalized spacial score (nSPS) is 50.6. The maximum Gasteiger partial charge on any atom is 0.253 e. The highest BCUT2D eigenvalue weighted by Gasteiger charge is 2.78. The first-order chi connectivity index (χ1) is 9.52. The Labute approximate surface area is 121 Å². The standard InChI is InChI=1S/C17H27NO2/c1-15-11-20-17(10-12(15)8-9-16(15,17)2)14(19)18-13-6-4-3-5-7-13/h12-13H,3-11H2,1-2H3,(H,18,19)/t12?,15-,16?,17-/m1/s1. The minimum atomic E-state index is -0.512. The first-order valence-corrected chi connectivity index (χ1v) is 8.47. The minimum absolute atomic E-state index is 0.0589. The molecular formula is C17H27NO2. The van der Waals surface area contributed by atoms with Gasteiger partial charge in [-0.1, -0.05) is 33.1 Å². The van der Waals surface area contributed by atoms with Gasteiger partial charge in [-0.3, -0.25) is 4.79 Å². The van der Waals surface area contributed by atoms with Gasteiger partial charge in [0.1, 0.15) is 0 Å². The van der Waals surface area contributed by atoms with E-state index in [1.54, 1.807) is 0 Å². The summed E-state index contributed by atoms with van der Waals surface area (Å²) < 4.78 is 6.17. The van der Waals surface area contributed by atoms with Crippen LogP contribution in [0.1, 0.15) is 65.2 Å². The summed E-state index contributed by atoms with van der Waals surface area (Å²) in [6.45, 7) is 5.45. The lowest BCUT2D eigenvalue weighted by Crippen LogP contribution is -2.57. The summed E-state index contributed by atoms with van der Waals surface area (Å²) in [6.07, 6.45) is 9.55. The largest absolute Gasteiger partial charge is 0.364 e. The Bertz CT molecular complexity index is 444. The highest BCUT2D eigenvalue weighted by atomic mass is 16.5. The molecule has 0 aromatic carbocycles. The van der Waals surface area contributed by atoms with Crippen molar-refractivity contribution in [3.8, 4) is 0 Å². The maximum atomic E-state index is 13.0. The number of rotatable bonds is 2. The molecular weight excluding hydrogens is 250 g/mol. The fourth-order valence-corrected chi connectivity index (χ4v) is 5.81. The number of carbonyl (C=O) groups excluding carboxylic acids is 1. The van der Waals surface area contributed by atoms with Crippen LogP contribution in [0.15, 0.2) is 0 Å². The Hall–Kier alpha value is -0.570. The van der Waals surface area contributed by atoms with Crippen LogP contribution in [0.2, 0.25) is 0 Å². The highest BCUT2D eigenvalue weighted by Crippen LogP contribution is 2.75. The SMILES string of the molecule is CC12CCC3C[C@]1(C(=O)NC1CCCCC1)OC[C@]32C. The smallest absolute Gasteiger partial charge is 0.253 e. The Morgan fingerprint density at radius 3 is 2.55 bits per heavy atom. The monoisotopic (exact) mass is 277 g/mol. The molecule has 4 bridgehead atoms. The number of hydrogen-bond acceptors (Lipinski definition) is 2. The van der Waals surface area contributed by atoms with Gasteiger partial charge in [-0.25, -0.2) is 0 Å². The molecule has 4 fully saturated rings. The summed E-state index contributed by atoms with van der Waals surface area (Å²) in [6, 6.07) is 0.392. The van der Waals surface area contributed by atoms with Crippen molar-refractivity contribution >= 4 is 5.91 Å². The van der Waals surface area contributed by atoms with Crippen LogP contribution in [0.4, 0.5) is 0 Å². The number of nitrogens with one attached hydrogen (secondary N) is 1. The summed E-state index contributed by atoms with van der Waals surface area (Å²) >= 11 is 0. The second-order valence-electron chi connectivity index (χ2n) is 8.11. The molecule has 0 radical (unpaired) electrons. The molecule has 4 aliphatic rings. The predicted octanol–water partition coefficient (Wildman–Crippen LogP) is 3.03. The van der Waals surface area contributed by atoms with Crippen molar-refractivity contribution in [2.75, 3.05) is 6.61 Å². The molecule has 0 aromatic rings. The molecule has 3 nitrogen and oxygen atoms in total. The second kappa shape index (κ2) is 4.00. The quantitative estimate of drug-likeness (QED) is 0.842. The third kappa shape index (κ3) is 1.33. The van der Waals surface area contributed by atoms with E-state index in [-0.39, 0.29) is 16.7 Å². The number of ether oxygens (including phenoxy) is 1. The molecule has 3 aliphatic carbocycles. The van der Waals surface area contributed by atoms with Crippen LogP contribution in [0.5, 0.6) is 0 Å². The van der Waals surface area contributed by atoms with Gasteiger partial charge in [-0.2, -0.15) is 0 Å². The van der Waals surface area contributed by atoms with Gasteiger partial charge in [0.25, 0.3) is 5.91 Å². The molecule has 2 unspecified atom stereocenters. The second-order valence-corrected chi connectivity index (χ2v) is 8.11. The summed E-state index contributed by atoms with van der Waals surface area (Å²) in [5.74, 6) is 0.899. The lowest BCUT2D eigenvalue weighted by molar-refractivity contribution is -0.156. The Kier molecular flexibility index (Phi) is 2.62. The van der Waals surface area contributed by atoms with Gasteiger partial charge < -0.3 is 10.1 Å². The van der Waals surface area contributed by atoms with Crippen molar-refractivity contribution in [3.63, 3.8) is 0 Å². The number of amides is 1. The Morgan fingerprint density at radius 1 is 1.15 bits per heavy atom. The molecule has 1 amide bonds. The van der Waals surface area contributed by atoms with Gasteiger partial charge in [0.2, 0.25) is 0 Å². The highest BCUT2D eigenvalue weighted by molar-refractivity contribution is 5.88. The molecule has 3 saturated carbocycles. The van der Waals surface area contributed by atoms with Gasteiger partial charge in [-0.15, -0.1) is 0 Å². The van der Waals surface area contributed by atoms with Gasteiger partial charge >= 0.3 is 0 Å². The van der Waals surface area contributed by atoms with Crippen LogP contribution >= 0.6 is 0 Å². The Morgan fingerprint density at radius 2 is 1.90 bits per heavy atom. The van der Waals surface area contributed by atoms with Crippen LogP contribution in [-0.2, 0) is 9.53 Å². The van der Waals surface area contributed by atoms with Crippen LogP contribution in [0.3, 0.4) is 0 Å². The predicted molar refractivity (Wildman–Crippen MR) is 77.3 cm³/mol. The zero-order chi connectivity index (χ0) is 14.0. The van der Waals surface area contributed by atoms with Gasteiger partial charge in [0.15, 0.2) is 5.60 Å². The van der Waals surface area contributed by atoms with Crippen molar-refractivity contribution in [2.24, 2.45) is 16.7 Å². The van der Waals surface area contributed by atoms with E-state index in [0.717, 1.165) is 32.3 Å². The molecule has 4 atom stereocenters. The van der Waals surface area contributed by atoms with Crippen LogP contribution < -0.4 is 5.32 Å². The fraction of sp³-hybridized carbons (Fsp3) is 0.941. The zero-order valence-corrected chi connectivity index (χ0v) is 12.8. The first-order valence-electron chi connectivity index (χ1n) is 8.47. The number of hydrogen-bond donors (Lipinski definition) is 1. The van der Waals surface area contributed by atoms with E-state index >= 15 is 0 Å². The molecule has 20 heavy (non-hydrogen) atoms. The third-order valence-electron chi connectivity index (χ3n) is 7.51. The van der Waals surface area contributed by atoms with Crippen LogP contribution in [0, 0.1) is 16.7 Å². The van der Waals surface area contributed by atoms with E-state index in [0.29, 0.717) is 12.0 Å². The molecule has 1 aliphatic heterocycles. The van der Waals surface area contributed by atoms with Gasteiger partial charge in [0, 0.05) is 16.9 Å². The fourth-order valence-electron chi connectivity index (χ4n) is 5.81. The van der Waals surface area contributed by atoms with Gasteiger partial charge in [-0.05, 0) is 38.0 Å². The molecule has 1 N–H and O–H groups in total. The molecule has 3 heteroatoms. The zero-order valence-electron chi connectivity index (χ0n) is 12.8. The van der Waals surface area contributed by atoms with E-state index in [9.17, 15) is 4.79 Å². The van der Waals surface area contributed by atoms with Crippen molar-refractivity contribution in [1.82, 2.24) is 5.32 Å². The molecule has 4 rings (SSSR count). The van der Waals surface area contributed by atoms with Crippen molar-refractivity contribution < 1.29 is 9.53 Å². The van der Waals surface area contributed by atoms with Crippen LogP contribution in [-0.4, -0.2) is 24.2 Å². The maximum absolute atomic E-state index is 13.0. The lowest BCUT2D eigenvalue weighted by atomic mass is 9.66. The van der Waals surface area contributed by atoms with E-state index in [1.807, 2.05) is 0 Å².